The normalized spacial score (nSPS) is 12.2. The molecule has 0 amide bonds. The Balaban J connectivity index is 3.38. The van der Waals surface area contributed by atoms with Gasteiger partial charge in [0.2, 0.25) is 10.0 Å². The van der Waals surface area contributed by atoms with Crippen LogP contribution in [0.15, 0.2) is 24.0 Å². The first kappa shape index (κ1) is 19.3. The summed E-state index contributed by atoms with van der Waals surface area (Å²) in [5, 5.41) is 1.76. The van der Waals surface area contributed by atoms with Gasteiger partial charge in [-0.3, -0.25) is 0 Å². The van der Waals surface area contributed by atoms with E-state index in [-0.39, 0.29) is 18.9 Å². The molecule has 0 fully saturated rings. The SMILES string of the molecule is C=CS(=O)(=O)CCCOCCOCCNS(=O)(=O)C=C. The zero-order valence-electron chi connectivity index (χ0n) is 11.3. The van der Waals surface area contributed by atoms with Crippen LogP contribution in [0.25, 0.3) is 0 Å². The number of nitrogens with one attached hydrogen (secondary N) is 1. The summed E-state index contributed by atoms with van der Waals surface area (Å²) >= 11 is 0. The molecule has 0 atom stereocenters. The van der Waals surface area contributed by atoms with Gasteiger partial charge in [0.15, 0.2) is 9.84 Å². The van der Waals surface area contributed by atoms with Crippen molar-refractivity contribution in [1.82, 2.24) is 4.72 Å². The summed E-state index contributed by atoms with van der Waals surface area (Å²) in [6, 6.07) is 0. The van der Waals surface area contributed by atoms with Gasteiger partial charge in [-0.1, -0.05) is 13.2 Å². The molecule has 0 aliphatic carbocycles. The molecule has 0 aliphatic heterocycles. The van der Waals surface area contributed by atoms with E-state index in [2.05, 4.69) is 17.9 Å². The average molecular weight is 327 g/mol. The highest BCUT2D eigenvalue weighted by Gasteiger charge is 2.04. The number of hydrogen-bond donors (Lipinski definition) is 1. The zero-order valence-corrected chi connectivity index (χ0v) is 12.9. The number of sulfonamides is 1. The van der Waals surface area contributed by atoms with Crippen LogP contribution in [0, 0.1) is 0 Å². The van der Waals surface area contributed by atoms with Crippen LogP contribution < -0.4 is 4.72 Å². The molecule has 20 heavy (non-hydrogen) atoms. The van der Waals surface area contributed by atoms with Crippen molar-refractivity contribution in [2.75, 3.05) is 38.7 Å². The molecule has 118 valence electrons. The Hall–Kier alpha value is -0.740. The van der Waals surface area contributed by atoms with E-state index >= 15 is 0 Å². The molecular weight excluding hydrogens is 306 g/mol. The van der Waals surface area contributed by atoms with E-state index in [1.54, 1.807) is 0 Å². The van der Waals surface area contributed by atoms with Crippen LogP contribution in [0.1, 0.15) is 6.42 Å². The van der Waals surface area contributed by atoms with Crippen molar-refractivity contribution in [3.8, 4) is 0 Å². The van der Waals surface area contributed by atoms with Gasteiger partial charge >= 0.3 is 0 Å². The molecule has 0 radical (unpaired) electrons. The molecule has 0 rings (SSSR count). The summed E-state index contributed by atoms with van der Waals surface area (Å²) in [6.07, 6.45) is 0.396. The summed E-state index contributed by atoms with van der Waals surface area (Å²) in [5.74, 6) is 0.0146. The van der Waals surface area contributed by atoms with Crippen molar-refractivity contribution in [2.45, 2.75) is 6.42 Å². The van der Waals surface area contributed by atoms with Gasteiger partial charge in [-0.2, -0.15) is 0 Å². The molecule has 0 bridgehead atoms. The largest absolute Gasteiger partial charge is 0.379 e. The second-order valence-corrected chi connectivity index (χ2v) is 7.50. The maximum absolute atomic E-state index is 11.1. The minimum atomic E-state index is -3.40. The zero-order chi connectivity index (χ0) is 15.5. The van der Waals surface area contributed by atoms with E-state index in [0.717, 1.165) is 10.8 Å². The van der Waals surface area contributed by atoms with Crippen LogP contribution >= 0.6 is 0 Å². The van der Waals surface area contributed by atoms with Crippen LogP contribution in [0.3, 0.4) is 0 Å². The van der Waals surface area contributed by atoms with Crippen LogP contribution in [-0.4, -0.2) is 55.6 Å². The third kappa shape index (κ3) is 11.1. The lowest BCUT2D eigenvalue weighted by Crippen LogP contribution is -2.25. The lowest BCUT2D eigenvalue weighted by atomic mass is 10.5. The first-order valence-electron chi connectivity index (χ1n) is 5.96. The van der Waals surface area contributed by atoms with Gasteiger partial charge in [-0.05, 0) is 6.42 Å². The third-order valence-electron chi connectivity index (χ3n) is 2.11. The van der Waals surface area contributed by atoms with Crippen molar-refractivity contribution < 1.29 is 26.3 Å². The Bertz CT molecular complexity index is 437. The van der Waals surface area contributed by atoms with Crippen LogP contribution in [0.4, 0.5) is 0 Å². The average Bonchev–Trinajstić information content (AvgIpc) is 2.41. The fourth-order valence-corrected chi connectivity index (χ4v) is 2.26. The third-order valence-corrected chi connectivity index (χ3v) is 4.52. The standard InChI is InChI=1S/C11H21NO6S2/c1-3-19(13,14)11-5-7-17-9-10-18-8-6-12-20(15,16)4-2/h3-4,12H,1-2,5-11H2. The summed E-state index contributed by atoms with van der Waals surface area (Å²) in [5.41, 5.74) is 0. The second kappa shape index (κ2) is 10.1. The quantitative estimate of drug-likeness (QED) is 0.479. The number of hydrogen-bond acceptors (Lipinski definition) is 6. The van der Waals surface area contributed by atoms with Crippen LogP contribution in [0.5, 0.6) is 0 Å². The molecule has 0 unspecified atom stereocenters. The van der Waals surface area contributed by atoms with E-state index in [1.807, 2.05) is 0 Å². The van der Waals surface area contributed by atoms with Gasteiger partial charge in [0.05, 0.1) is 25.6 Å². The van der Waals surface area contributed by atoms with E-state index in [9.17, 15) is 16.8 Å². The Kier molecular flexibility index (Phi) is 9.68. The molecule has 0 aromatic rings. The number of sulfone groups is 1. The number of ether oxygens (including phenoxy) is 2. The topological polar surface area (TPSA) is 98.8 Å². The Morgan fingerprint density at radius 2 is 1.50 bits per heavy atom. The Morgan fingerprint density at radius 1 is 0.900 bits per heavy atom. The van der Waals surface area contributed by atoms with Crippen LogP contribution in [-0.2, 0) is 29.3 Å². The minimum absolute atomic E-state index is 0.0146. The van der Waals surface area contributed by atoms with Crippen molar-refractivity contribution in [2.24, 2.45) is 0 Å². The highest BCUT2D eigenvalue weighted by Crippen LogP contribution is 1.95. The smallest absolute Gasteiger partial charge is 0.233 e. The highest BCUT2D eigenvalue weighted by molar-refractivity contribution is 7.94. The van der Waals surface area contributed by atoms with Crippen molar-refractivity contribution in [3.63, 3.8) is 0 Å². The van der Waals surface area contributed by atoms with Gasteiger partial charge in [-0.25, -0.2) is 21.6 Å². The first-order valence-corrected chi connectivity index (χ1v) is 9.22. The highest BCUT2D eigenvalue weighted by atomic mass is 32.2. The fourth-order valence-electron chi connectivity index (χ4n) is 1.08. The summed E-state index contributed by atoms with van der Waals surface area (Å²) in [4.78, 5) is 0. The first-order chi connectivity index (χ1) is 9.33. The molecule has 7 nitrogen and oxygen atoms in total. The predicted molar refractivity (Wildman–Crippen MR) is 77.4 cm³/mol. The molecule has 0 aromatic heterocycles. The summed E-state index contributed by atoms with van der Waals surface area (Å²) in [6.45, 7) is 7.69. The molecule has 0 saturated heterocycles. The van der Waals surface area contributed by atoms with Gasteiger partial charge in [0, 0.05) is 24.0 Å². The van der Waals surface area contributed by atoms with E-state index in [4.69, 9.17) is 9.47 Å². The lowest BCUT2D eigenvalue weighted by Gasteiger charge is -2.06. The Labute approximate surface area is 120 Å². The maximum atomic E-state index is 11.1. The lowest BCUT2D eigenvalue weighted by molar-refractivity contribution is 0.0504. The Morgan fingerprint density at radius 3 is 2.05 bits per heavy atom. The molecule has 1 N–H and O–H groups in total. The van der Waals surface area contributed by atoms with E-state index in [0.29, 0.717) is 26.2 Å². The van der Waals surface area contributed by atoms with Crippen molar-refractivity contribution in [1.29, 1.82) is 0 Å². The molecule has 0 saturated carbocycles. The number of rotatable bonds is 13. The molecule has 0 heterocycles. The second-order valence-electron chi connectivity index (χ2n) is 3.72. The monoisotopic (exact) mass is 327 g/mol. The van der Waals surface area contributed by atoms with Crippen molar-refractivity contribution in [3.05, 3.63) is 24.0 Å². The van der Waals surface area contributed by atoms with E-state index in [1.165, 1.54) is 0 Å². The summed E-state index contributed by atoms with van der Waals surface area (Å²) < 4.78 is 56.5. The van der Waals surface area contributed by atoms with E-state index < -0.39 is 19.9 Å². The van der Waals surface area contributed by atoms with Gasteiger partial charge in [0.1, 0.15) is 0 Å². The van der Waals surface area contributed by atoms with Gasteiger partial charge < -0.3 is 9.47 Å². The maximum Gasteiger partial charge on any atom is 0.233 e. The molecule has 9 heteroatoms. The van der Waals surface area contributed by atoms with Crippen molar-refractivity contribution >= 4 is 19.9 Å². The fraction of sp³-hybridized carbons (Fsp3) is 0.636. The van der Waals surface area contributed by atoms with Gasteiger partial charge in [-0.15, -0.1) is 0 Å². The summed E-state index contributed by atoms with van der Waals surface area (Å²) in [7, 11) is -6.56. The minimum Gasteiger partial charge on any atom is -0.379 e. The predicted octanol–water partition coefficient (Wildman–Crippen LogP) is 0.0309. The molecular formula is C11H21NO6S2. The molecule has 0 spiro atoms. The molecule has 0 aliphatic rings. The van der Waals surface area contributed by atoms with Gasteiger partial charge in [0.25, 0.3) is 0 Å². The van der Waals surface area contributed by atoms with Crippen LogP contribution in [0.2, 0.25) is 0 Å². The molecule has 0 aromatic carbocycles.